The summed E-state index contributed by atoms with van der Waals surface area (Å²) < 4.78 is 71.9. The lowest BCUT2D eigenvalue weighted by Crippen LogP contribution is -2.28. The molecule has 0 aliphatic rings. The Balaban J connectivity index is 0.000000326. The number of nitrogens with one attached hydrogen (secondary N) is 1. The fraction of sp³-hybridized carbons (Fsp3) is 0.385. The van der Waals surface area contributed by atoms with Gasteiger partial charge in [0.1, 0.15) is 5.69 Å². The van der Waals surface area contributed by atoms with Gasteiger partial charge in [0.2, 0.25) is 5.88 Å². The Morgan fingerprint density at radius 1 is 1.10 bits per heavy atom. The molecule has 0 radical (unpaired) electrons. The van der Waals surface area contributed by atoms with Crippen LogP contribution >= 0.6 is 0 Å². The van der Waals surface area contributed by atoms with Crippen LogP contribution in [-0.4, -0.2) is 59.6 Å². The van der Waals surface area contributed by atoms with Gasteiger partial charge in [-0.1, -0.05) is 0 Å². The van der Waals surface area contributed by atoms with Gasteiger partial charge < -0.3 is 13.7 Å². The standard InChI is InChI=1S/C7H7F3N2O5S.C6H8N2O3/c1-12-5(3-4(11-12)6(13)16-2)17-18(14,15)7(8,9)10;1-8-5(9)3-4(7-8)6(10)11-2/h3H,1-2H3;3,7H,1-2H3. The predicted octanol–water partition coefficient (Wildman–Crippen LogP) is -0.0649. The normalized spacial score (nSPS) is 11.3. The van der Waals surface area contributed by atoms with Gasteiger partial charge in [0, 0.05) is 26.2 Å². The number of hydrogen-bond donors (Lipinski definition) is 1. The SMILES string of the molecule is COC(=O)c1cc(=O)n(C)[nH]1.COC(=O)c1cc(OS(=O)(=O)C(F)(F)F)n(C)n1. The van der Waals surface area contributed by atoms with Gasteiger partial charge in [-0.3, -0.25) is 14.6 Å². The number of aromatic amines is 1. The molecule has 0 amide bonds. The molecule has 0 bridgehead atoms. The summed E-state index contributed by atoms with van der Waals surface area (Å²) in [6, 6.07) is 1.90. The van der Waals surface area contributed by atoms with Crippen LogP contribution in [0.25, 0.3) is 0 Å². The van der Waals surface area contributed by atoms with Crippen LogP contribution in [0.5, 0.6) is 5.88 Å². The molecule has 0 fully saturated rings. The van der Waals surface area contributed by atoms with Gasteiger partial charge in [0.05, 0.1) is 14.2 Å². The van der Waals surface area contributed by atoms with E-state index in [0.29, 0.717) is 4.68 Å². The number of halogens is 3. The second kappa shape index (κ2) is 8.80. The van der Waals surface area contributed by atoms with Crippen molar-refractivity contribution < 1.29 is 44.8 Å². The van der Waals surface area contributed by atoms with Gasteiger partial charge >= 0.3 is 27.6 Å². The van der Waals surface area contributed by atoms with E-state index in [-0.39, 0.29) is 16.9 Å². The number of aryl methyl sites for hydroxylation is 2. The summed E-state index contributed by atoms with van der Waals surface area (Å²) >= 11 is 0. The van der Waals surface area contributed by atoms with E-state index in [1.165, 1.54) is 24.9 Å². The van der Waals surface area contributed by atoms with E-state index >= 15 is 0 Å². The number of rotatable bonds is 4. The molecule has 2 heterocycles. The summed E-state index contributed by atoms with van der Waals surface area (Å²) in [6.07, 6.45) is 0. The first-order chi connectivity index (χ1) is 13.2. The molecular formula is C13H15F3N4O8S. The van der Waals surface area contributed by atoms with Crippen LogP contribution in [-0.2, 0) is 33.7 Å². The zero-order valence-electron chi connectivity index (χ0n) is 15.3. The first-order valence-electron chi connectivity index (χ1n) is 7.21. The zero-order valence-corrected chi connectivity index (χ0v) is 16.1. The van der Waals surface area contributed by atoms with Crippen LogP contribution in [0, 0.1) is 0 Å². The van der Waals surface area contributed by atoms with E-state index in [1.807, 2.05) is 0 Å². The van der Waals surface area contributed by atoms with Crippen molar-refractivity contribution in [2.75, 3.05) is 14.2 Å². The number of carbonyl (C=O) groups excluding carboxylic acids is 2. The second-order valence-electron chi connectivity index (χ2n) is 5.02. The van der Waals surface area contributed by atoms with Crippen molar-refractivity contribution in [2.45, 2.75) is 5.51 Å². The maximum absolute atomic E-state index is 12.0. The molecule has 0 atom stereocenters. The third-order valence-electron chi connectivity index (χ3n) is 3.00. The number of hydrogen-bond acceptors (Lipinski definition) is 9. The minimum atomic E-state index is -5.81. The van der Waals surface area contributed by atoms with Gasteiger partial charge in [-0.25, -0.2) is 14.3 Å². The van der Waals surface area contributed by atoms with Crippen LogP contribution in [0.4, 0.5) is 13.2 Å². The highest BCUT2D eigenvalue weighted by Gasteiger charge is 2.49. The van der Waals surface area contributed by atoms with Crippen molar-refractivity contribution in [3.63, 3.8) is 0 Å². The number of alkyl halides is 3. The minimum absolute atomic E-state index is 0.167. The van der Waals surface area contributed by atoms with Gasteiger partial charge in [-0.05, 0) is 0 Å². The topological polar surface area (TPSA) is 152 Å². The van der Waals surface area contributed by atoms with E-state index in [2.05, 4.69) is 23.9 Å². The molecule has 12 nitrogen and oxygen atoms in total. The van der Waals surface area contributed by atoms with Gasteiger partial charge in [0.15, 0.2) is 5.69 Å². The van der Waals surface area contributed by atoms with Crippen molar-refractivity contribution in [3.05, 3.63) is 33.9 Å². The Bertz CT molecular complexity index is 1050. The Kier molecular flexibility index (Phi) is 7.21. The molecule has 29 heavy (non-hydrogen) atoms. The minimum Gasteiger partial charge on any atom is -0.464 e. The molecule has 2 aromatic heterocycles. The summed E-state index contributed by atoms with van der Waals surface area (Å²) in [7, 11) is -0.889. The molecule has 0 unspecified atom stereocenters. The van der Waals surface area contributed by atoms with Gasteiger partial charge in [0.25, 0.3) is 5.56 Å². The van der Waals surface area contributed by atoms with E-state index in [9.17, 15) is 36.0 Å². The molecule has 2 aromatic rings. The Morgan fingerprint density at radius 3 is 2.07 bits per heavy atom. The molecule has 162 valence electrons. The molecule has 0 aliphatic heterocycles. The van der Waals surface area contributed by atoms with E-state index in [1.54, 1.807) is 0 Å². The number of ether oxygens (including phenoxy) is 2. The number of methoxy groups -OCH3 is 2. The fourth-order valence-electron chi connectivity index (χ4n) is 1.59. The zero-order chi connectivity index (χ0) is 22.6. The highest BCUT2D eigenvalue weighted by Crippen LogP contribution is 2.27. The lowest BCUT2D eigenvalue weighted by molar-refractivity contribution is -0.0502. The van der Waals surface area contributed by atoms with Crippen LogP contribution in [0.1, 0.15) is 21.0 Å². The third kappa shape index (κ3) is 5.84. The Hall–Kier alpha value is -3.30. The average molecular weight is 444 g/mol. The van der Waals surface area contributed by atoms with Crippen molar-refractivity contribution >= 4 is 22.1 Å². The summed E-state index contributed by atoms with van der Waals surface area (Å²) in [6.45, 7) is 0. The Morgan fingerprint density at radius 2 is 1.66 bits per heavy atom. The average Bonchev–Trinajstić information content (AvgIpc) is 3.15. The van der Waals surface area contributed by atoms with Crippen LogP contribution in [0.3, 0.4) is 0 Å². The predicted molar refractivity (Wildman–Crippen MR) is 87.5 cm³/mol. The van der Waals surface area contributed by atoms with Crippen LogP contribution in [0.2, 0.25) is 0 Å². The smallest absolute Gasteiger partial charge is 0.464 e. The third-order valence-corrected chi connectivity index (χ3v) is 3.96. The maximum atomic E-state index is 12.0. The van der Waals surface area contributed by atoms with Crippen LogP contribution < -0.4 is 9.74 Å². The molecule has 16 heteroatoms. The summed E-state index contributed by atoms with van der Waals surface area (Å²) in [5, 5.41) is 5.96. The monoisotopic (exact) mass is 444 g/mol. The van der Waals surface area contributed by atoms with Crippen molar-refractivity contribution in [1.82, 2.24) is 19.6 Å². The van der Waals surface area contributed by atoms with Crippen molar-refractivity contribution in [3.8, 4) is 5.88 Å². The van der Waals surface area contributed by atoms with Gasteiger partial charge in [-0.15, -0.1) is 0 Å². The number of nitrogens with zero attached hydrogens (tertiary/aromatic N) is 3. The molecule has 0 aliphatic carbocycles. The summed E-state index contributed by atoms with van der Waals surface area (Å²) in [5.74, 6) is -2.24. The number of esters is 2. The molecule has 0 aromatic carbocycles. The highest BCUT2D eigenvalue weighted by molar-refractivity contribution is 7.87. The Labute approximate surface area is 160 Å². The molecule has 2 rings (SSSR count). The number of H-pyrrole nitrogens is 1. The molecule has 0 spiro atoms. The lowest BCUT2D eigenvalue weighted by atomic mass is 10.4. The van der Waals surface area contributed by atoms with Gasteiger partial charge in [-0.2, -0.15) is 26.7 Å². The lowest BCUT2D eigenvalue weighted by Gasteiger charge is -2.08. The van der Waals surface area contributed by atoms with Crippen LogP contribution in [0.15, 0.2) is 16.9 Å². The maximum Gasteiger partial charge on any atom is 0.534 e. The summed E-state index contributed by atoms with van der Waals surface area (Å²) in [4.78, 5) is 32.6. The molecule has 0 saturated carbocycles. The first kappa shape index (κ1) is 23.7. The first-order valence-corrected chi connectivity index (χ1v) is 8.61. The number of carbonyl (C=O) groups is 2. The second-order valence-corrected chi connectivity index (χ2v) is 6.56. The van der Waals surface area contributed by atoms with Crippen molar-refractivity contribution in [1.29, 1.82) is 0 Å². The number of aromatic nitrogens is 4. The van der Waals surface area contributed by atoms with E-state index < -0.39 is 33.4 Å². The molecule has 0 saturated heterocycles. The van der Waals surface area contributed by atoms with E-state index in [4.69, 9.17) is 0 Å². The quantitative estimate of drug-likeness (QED) is 0.388. The van der Waals surface area contributed by atoms with E-state index in [0.717, 1.165) is 20.2 Å². The molecule has 1 N–H and O–H groups in total. The largest absolute Gasteiger partial charge is 0.534 e. The fourth-order valence-corrected chi connectivity index (χ4v) is 2.07. The van der Waals surface area contributed by atoms with Crippen molar-refractivity contribution in [2.24, 2.45) is 14.1 Å². The highest BCUT2D eigenvalue weighted by atomic mass is 32.2. The summed E-state index contributed by atoms with van der Waals surface area (Å²) in [5.41, 5.74) is -6.04. The molecular weight excluding hydrogens is 429 g/mol.